The fourth-order valence-corrected chi connectivity index (χ4v) is 6.59. The Balaban J connectivity index is 1.41. The molecular weight excluding hydrogens is 462 g/mol. The van der Waals surface area contributed by atoms with E-state index in [1.54, 1.807) is 11.3 Å². The lowest BCUT2D eigenvalue weighted by Gasteiger charge is -2.33. The van der Waals surface area contributed by atoms with Crippen LogP contribution < -0.4 is 5.32 Å². The summed E-state index contributed by atoms with van der Waals surface area (Å²) in [4.78, 5) is 14.0. The minimum atomic E-state index is -0.122. The van der Waals surface area contributed by atoms with Crippen LogP contribution in [0.1, 0.15) is 61.5 Å². The van der Waals surface area contributed by atoms with E-state index in [9.17, 15) is 10.1 Å². The summed E-state index contributed by atoms with van der Waals surface area (Å²) in [7, 11) is 0. The molecule has 4 rings (SSSR count). The molecule has 34 heavy (non-hydrogen) atoms. The zero-order valence-corrected chi connectivity index (χ0v) is 21.9. The Morgan fingerprint density at radius 1 is 1.29 bits per heavy atom. The monoisotopic (exact) mass is 493 g/mol. The molecule has 0 unspecified atom stereocenters. The van der Waals surface area contributed by atoms with Crippen molar-refractivity contribution in [2.75, 3.05) is 11.1 Å². The van der Waals surface area contributed by atoms with Crippen LogP contribution in [0, 0.1) is 22.7 Å². The van der Waals surface area contributed by atoms with Gasteiger partial charge < -0.3 is 9.88 Å². The Morgan fingerprint density at radius 3 is 2.74 bits per heavy atom. The van der Waals surface area contributed by atoms with Crippen LogP contribution in [-0.2, 0) is 30.6 Å². The Morgan fingerprint density at radius 2 is 2.06 bits per heavy atom. The van der Waals surface area contributed by atoms with Gasteiger partial charge in [0, 0.05) is 17.8 Å². The highest BCUT2D eigenvalue weighted by Gasteiger charge is 2.32. The van der Waals surface area contributed by atoms with Gasteiger partial charge in [0.15, 0.2) is 5.16 Å². The molecule has 0 saturated carbocycles. The maximum absolute atomic E-state index is 12.8. The number of benzene rings is 1. The maximum atomic E-state index is 12.8. The van der Waals surface area contributed by atoms with Crippen molar-refractivity contribution in [3.8, 4) is 6.07 Å². The van der Waals surface area contributed by atoms with E-state index in [1.807, 2.05) is 18.2 Å². The number of aromatic nitrogens is 3. The van der Waals surface area contributed by atoms with Gasteiger partial charge >= 0.3 is 0 Å². The predicted octanol–water partition coefficient (Wildman–Crippen LogP) is 5.70. The summed E-state index contributed by atoms with van der Waals surface area (Å²) in [6.07, 6.45) is 3.68. The third-order valence-corrected chi connectivity index (χ3v) is 8.64. The van der Waals surface area contributed by atoms with Gasteiger partial charge in [0.1, 0.15) is 16.9 Å². The molecule has 1 aromatic carbocycles. The largest absolute Gasteiger partial charge is 0.316 e. The minimum Gasteiger partial charge on any atom is -0.316 e. The number of thioether (sulfide) groups is 1. The van der Waals surface area contributed by atoms with E-state index in [4.69, 9.17) is 0 Å². The average Bonchev–Trinajstić information content (AvgIpc) is 3.36. The molecule has 1 aliphatic rings. The van der Waals surface area contributed by atoms with Crippen molar-refractivity contribution in [2.45, 2.75) is 65.1 Å². The molecule has 3 aromatic rings. The first-order chi connectivity index (χ1) is 16.3. The van der Waals surface area contributed by atoms with Crippen LogP contribution in [0.15, 0.2) is 35.5 Å². The first-order valence-electron chi connectivity index (χ1n) is 11.7. The number of hydrogen-bond donors (Lipinski definition) is 1. The lowest BCUT2D eigenvalue weighted by Crippen LogP contribution is -2.26. The zero-order chi connectivity index (χ0) is 24.3. The number of thiophene rings is 1. The number of carbonyl (C=O) groups excluding carboxylic acids is 1. The highest BCUT2D eigenvalue weighted by atomic mass is 32.2. The van der Waals surface area contributed by atoms with Gasteiger partial charge in [0.05, 0.1) is 11.3 Å². The smallest absolute Gasteiger partial charge is 0.235 e. The van der Waals surface area contributed by atoms with Crippen molar-refractivity contribution < 1.29 is 4.79 Å². The summed E-state index contributed by atoms with van der Waals surface area (Å²) in [6.45, 7) is 9.64. The standard InChI is InChI=1S/C26H31N5OS2/c1-5-31-22(13-17-9-7-6-8-10-17)29-30-25(31)33-16-23(32)28-24-20(15-27)19-12-11-18(26(2,3)4)14-21(19)34-24/h6-10,18H,5,11-14,16H2,1-4H3,(H,28,32)/t18-/m0/s1. The first kappa shape index (κ1) is 24.5. The molecule has 0 fully saturated rings. The van der Waals surface area contributed by atoms with E-state index >= 15 is 0 Å². The summed E-state index contributed by atoms with van der Waals surface area (Å²) >= 11 is 2.95. The second-order valence-corrected chi connectivity index (χ2v) is 11.8. The lowest BCUT2D eigenvalue weighted by molar-refractivity contribution is -0.113. The molecule has 0 radical (unpaired) electrons. The number of nitriles is 1. The summed E-state index contributed by atoms with van der Waals surface area (Å²) in [6, 6.07) is 12.5. The van der Waals surface area contributed by atoms with Gasteiger partial charge in [-0.1, -0.05) is 62.9 Å². The van der Waals surface area contributed by atoms with E-state index in [1.165, 1.54) is 22.2 Å². The van der Waals surface area contributed by atoms with Gasteiger partial charge in [-0.15, -0.1) is 21.5 Å². The summed E-state index contributed by atoms with van der Waals surface area (Å²) < 4.78 is 2.06. The molecule has 1 atom stereocenters. The summed E-state index contributed by atoms with van der Waals surface area (Å²) in [5, 5.41) is 22.9. The highest BCUT2D eigenvalue weighted by Crippen LogP contribution is 2.44. The van der Waals surface area contributed by atoms with Gasteiger partial charge in [-0.25, -0.2) is 0 Å². The molecule has 8 heteroatoms. The van der Waals surface area contributed by atoms with Crippen molar-refractivity contribution in [2.24, 2.45) is 11.3 Å². The lowest BCUT2D eigenvalue weighted by atomic mass is 9.72. The summed E-state index contributed by atoms with van der Waals surface area (Å²) in [5.74, 6) is 1.59. The van der Waals surface area contributed by atoms with Gasteiger partial charge in [-0.3, -0.25) is 4.79 Å². The predicted molar refractivity (Wildman–Crippen MR) is 138 cm³/mol. The van der Waals surface area contributed by atoms with Crippen LogP contribution in [0.5, 0.6) is 0 Å². The number of hydrogen-bond acceptors (Lipinski definition) is 6. The average molecular weight is 494 g/mol. The van der Waals surface area contributed by atoms with E-state index in [0.29, 0.717) is 22.9 Å². The normalized spacial score (nSPS) is 15.6. The number of nitrogens with zero attached hydrogens (tertiary/aromatic N) is 4. The maximum Gasteiger partial charge on any atom is 0.235 e. The van der Waals surface area contributed by atoms with E-state index in [0.717, 1.165) is 42.4 Å². The minimum absolute atomic E-state index is 0.122. The van der Waals surface area contributed by atoms with Crippen LogP contribution in [0.2, 0.25) is 0 Å². The van der Waals surface area contributed by atoms with E-state index in [2.05, 4.69) is 66.0 Å². The second-order valence-electron chi connectivity index (χ2n) is 9.77. The van der Waals surface area contributed by atoms with Gasteiger partial charge in [-0.2, -0.15) is 5.26 Å². The van der Waals surface area contributed by atoms with Crippen LogP contribution in [0.3, 0.4) is 0 Å². The van der Waals surface area contributed by atoms with Crippen molar-refractivity contribution in [1.82, 2.24) is 14.8 Å². The quantitative estimate of drug-likeness (QED) is 0.427. The topological polar surface area (TPSA) is 83.6 Å². The van der Waals surface area contributed by atoms with Gasteiger partial charge in [0.2, 0.25) is 5.91 Å². The van der Waals surface area contributed by atoms with E-state index in [-0.39, 0.29) is 17.1 Å². The number of fused-ring (bicyclic) bond motifs is 1. The third kappa shape index (κ3) is 5.37. The molecular formula is C26H31N5OS2. The Bertz CT molecular complexity index is 1200. The molecule has 2 heterocycles. The number of carbonyl (C=O) groups is 1. The van der Waals surface area contributed by atoms with Crippen molar-refractivity contribution in [1.29, 1.82) is 5.26 Å². The number of amides is 1. The van der Waals surface area contributed by atoms with Crippen LogP contribution in [-0.4, -0.2) is 26.4 Å². The molecule has 1 N–H and O–H groups in total. The molecule has 0 bridgehead atoms. The Labute approximate surface area is 209 Å². The van der Waals surface area contributed by atoms with Crippen LogP contribution in [0.4, 0.5) is 5.00 Å². The van der Waals surface area contributed by atoms with Crippen molar-refractivity contribution >= 4 is 34.0 Å². The number of nitrogens with one attached hydrogen (secondary N) is 1. The zero-order valence-electron chi connectivity index (χ0n) is 20.2. The summed E-state index contributed by atoms with van der Waals surface area (Å²) in [5.41, 5.74) is 3.20. The third-order valence-electron chi connectivity index (χ3n) is 6.50. The first-order valence-corrected chi connectivity index (χ1v) is 13.5. The van der Waals surface area contributed by atoms with Crippen LogP contribution >= 0.6 is 23.1 Å². The number of anilines is 1. The molecule has 0 saturated heterocycles. The molecule has 178 valence electrons. The molecule has 1 aliphatic carbocycles. The van der Waals surface area contributed by atoms with Gasteiger partial charge in [-0.05, 0) is 48.6 Å². The molecule has 6 nitrogen and oxygen atoms in total. The van der Waals surface area contributed by atoms with Crippen molar-refractivity contribution in [3.05, 3.63) is 57.7 Å². The Kier molecular flexibility index (Phi) is 7.44. The van der Waals surface area contributed by atoms with Crippen LogP contribution in [0.25, 0.3) is 0 Å². The number of rotatable bonds is 7. The molecule has 0 spiro atoms. The molecule has 2 aromatic heterocycles. The SMILES string of the molecule is CCn1c(Cc2ccccc2)nnc1SCC(=O)Nc1sc2c(c1C#N)CC[C@H](C(C)(C)C)C2. The highest BCUT2D eigenvalue weighted by molar-refractivity contribution is 7.99. The fraction of sp³-hybridized carbons (Fsp3) is 0.462. The van der Waals surface area contributed by atoms with Crippen molar-refractivity contribution in [3.63, 3.8) is 0 Å². The van der Waals surface area contributed by atoms with E-state index < -0.39 is 0 Å². The van der Waals surface area contributed by atoms with Gasteiger partial charge in [0.25, 0.3) is 0 Å². The second kappa shape index (κ2) is 10.3. The molecule has 0 aliphatic heterocycles. The Hall–Kier alpha value is -2.63. The molecule has 1 amide bonds. The fourth-order valence-electron chi connectivity index (χ4n) is 4.48.